The first-order valence-corrected chi connectivity index (χ1v) is 18.3. The number of benzene rings is 2. The fraction of sp³-hybridized carbons (Fsp3) is 0.625. The van der Waals surface area contributed by atoms with E-state index in [2.05, 4.69) is 49.7 Å². The highest BCUT2D eigenvalue weighted by Crippen LogP contribution is 2.42. The zero-order valence-electron chi connectivity index (χ0n) is 29.5. The summed E-state index contributed by atoms with van der Waals surface area (Å²) in [6, 6.07) is 16.2. The van der Waals surface area contributed by atoms with Crippen LogP contribution in [0.15, 0.2) is 61.2 Å². The summed E-state index contributed by atoms with van der Waals surface area (Å²) in [5, 5.41) is 12.4. The van der Waals surface area contributed by atoms with Crippen LogP contribution in [0.1, 0.15) is 132 Å². The number of hydrogen-bond acceptors (Lipinski definition) is 6. The zero-order valence-corrected chi connectivity index (χ0v) is 29.5. The normalized spacial score (nSPS) is 19.5. The maximum Gasteiger partial charge on any atom is 0.407 e. The van der Waals surface area contributed by atoms with Gasteiger partial charge in [-0.1, -0.05) is 146 Å². The van der Waals surface area contributed by atoms with E-state index in [1.807, 2.05) is 36.4 Å². The van der Waals surface area contributed by atoms with Crippen molar-refractivity contribution in [1.29, 1.82) is 0 Å². The van der Waals surface area contributed by atoms with Gasteiger partial charge in [0.25, 0.3) is 0 Å². The molecule has 7 nitrogen and oxygen atoms in total. The number of unbranched alkanes of at least 4 members (excludes halogenated alkanes) is 10. The lowest BCUT2D eigenvalue weighted by molar-refractivity contribution is -0.276. The molecule has 1 aliphatic rings. The molecule has 0 aromatic heterocycles. The number of carbonyl (C=O) groups is 1. The summed E-state index contributed by atoms with van der Waals surface area (Å²) in [5.41, 5.74) is 3.91. The van der Waals surface area contributed by atoms with E-state index in [0.717, 1.165) is 41.9 Å². The van der Waals surface area contributed by atoms with E-state index in [1.54, 1.807) is 6.08 Å². The van der Waals surface area contributed by atoms with E-state index in [0.29, 0.717) is 6.54 Å². The Morgan fingerprint density at radius 2 is 1.38 bits per heavy atom. The molecule has 0 spiro atoms. The molecule has 47 heavy (non-hydrogen) atoms. The standard InChI is InChI=1S/C40H62N2O5/c1-5-8-10-12-14-16-26-42(27-17-15-13-11-9-6-2)30-37-32(4)38(35-22-20-34(31-43)21-23-35)47-39(46-37)36-24-18-33(19-25-36)29-41-40(44)45-28-7-3/h7,18-25,32,37-39,43H,3,5-6,8-17,26-31H2,1-2,4H3,(H,41,44). The topological polar surface area (TPSA) is 80.3 Å². The summed E-state index contributed by atoms with van der Waals surface area (Å²) in [4.78, 5) is 14.5. The van der Waals surface area contributed by atoms with Gasteiger partial charge in [0, 0.05) is 24.6 Å². The Labute approximate surface area is 285 Å². The van der Waals surface area contributed by atoms with Gasteiger partial charge in [0.2, 0.25) is 0 Å². The van der Waals surface area contributed by atoms with Crippen LogP contribution in [0.25, 0.3) is 0 Å². The lowest BCUT2D eigenvalue weighted by atomic mass is 9.90. The number of alkyl carbamates (subject to hydrolysis) is 1. The molecule has 2 aromatic rings. The molecule has 1 amide bonds. The lowest BCUT2D eigenvalue weighted by Crippen LogP contribution is -2.45. The Bertz CT molecular complexity index is 1110. The summed E-state index contributed by atoms with van der Waals surface area (Å²) in [7, 11) is 0. The summed E-state index contributed by atoms with van der Waals surface area (Å²) in [6.45, 7) is 14.0. The minimum Gasteiger partial charge on any atom is -0.445 e. The van der Waals surface area contributed by atoms with Gasteiger partial charge in [-0.3, -0.25) is 0 Å². The molecule has 0 radical (unpaired) electrons. The molecule has 2 aromatic carbocycles. The van der Waals surface area contributed by atoms with Crippen LogP contribution >= 0.6 is 0 Å². The van der Waals surface area contributed by atoms with Gasteiger partial charge < -0.3 is 29.5 Å². The number of nitrogens with zero attached hydrogens (tertiary/aromatic N) is 1. The van der Waals surface area contributed by atoms with Crippen molar-refractivity contribution in [2.24, 2.45) is 5.92 Å². The van der Waals surface area contributed by atoms with Crippen molar-refractivity contribution in [2.75, 3.05) is 26.2 Å². The summed E-state index contributed by atoms with van der Waals surface area (Å²) >= 11 is 0. The Morgan fingerprint density at radius 1 is 0.830 bits per heavy atom. The van der Waals surface area contributed by atoms with Crippen LogP contribution in [0, 0.1) is 5.92 Å². The number of amides is 1. The largest absolute Gasteiger partial charge is 0.445 e. The number of nitrogens with one attached hydrogen (secondary N) is 1. The quantitative estimate of drug-likeness (QED) is 0.0922. The number of ether oxygens (including phenoxy) is 3. The van der Waals surface area contributed by atoms with Crippen LogP contribution in [0.5, 0.6) is 0 Å². The summed E-state index contributed by atoms with van der Waals surface area (Å²) in [6.07, 6.45) is 16.0. The number of hydrogen-bond donors (Lipinski definition) is 2. The number of rotatable bonds is 23. The van der Waals surface area contributed by atoms with Crippen LogP contribution < -0.4 is 5.32 Å². The molecule has 1 heterocycles. The third-order valence-corrected chi connectivity index (χ3v) is 9.24. The maximum atomic E-state index is 11.9. The van der Waals surface area contributed by atoms with Crippen LogP contribution in [0.4, 0.5) is 4.79 Å². The molecular formula is C40H62N2O5. The molecule has 0 bridgehead atoms. The van der Waals surface area contributed by atoms with Crippen LogP contribution in [-0.4, -0.2) is 48.4 Å². The minimum absolute atomic E-state index is 0.00238. The average molecular weight is 651 g/mol. The van der Waals surface area contributed by atoms with Gasteiger partial charge in [-0.05, 0) is 42.6 Å². The number of aliphatic hydroxyl groups excluding tert-OH is 1. The maximum absolute atomic E-state index is 11.9. The van der Waals surface area contributed by atoms with Crippen molar-refractivity contribution in [3.8, 4) is 0 Å². The third-order valence-electron chi connectivity index (χ3n) is 9.24. The van der Waals surface area contributed by atoms with Gasteiger partial charge in [0.05, 0.1) is 18.8 Å². The first-order valence-electron chi connectivity index (χ1n) is 18.3. The molecule has 1 saturated heterocycles. The van der Waals surface area contributed by atoms with Gasteiger partial charge in [0.15, 0.2) is 6.29 Å². The molecule has 1 fully saturated rings. The monoisotopic (exact) mass is 650 g/mol. The van der Waals surface area contributed by atoms with Gasteiger partial charge in [-0.25, -0.2) is 4.79 Å². The second kappa shape index (κ2) is 22.8. The van der Waals surface area contributed by atoms with E-state index in [1.165, 1.54) is 77.0 Å². The highest BCUT2D eigenvalue weighted by Gasteiger charge is 2.39. The van der Waals surface area contributed by atoms with Crippen molar-refractivity contribution in [1.82, 2.24) is 10.2 Å². The first kappa shape index (κ1) is 38.7. The van der Waals surface area contributed by atoms with Gasteiger partial charge in [-0.15, -0.1) is 0 Å². The fourth-order valence-corrected chi connectivity index (χ4v) is 6.26. The van der Waals surface area contributed by atoms with E-state index in [4.69, 9.17) is 14.2 Å². The molecule has 3 rings (SSSR count). The van der Waals surface area contributed by atoms with Gasteiger partial charge in [-0.2, -0.15) is 0 Å². The van der Waals surface area contributed by atoms with Crippen molar-refractivity contribution < 1.29 is 24.1 Å². The van der Waals surface area contributed by atoms with E-state index >= 15 is 0 Å². The number of carbonyl (C=O) groups excluding carboxylic acids is 1. The molecule has 0 aliphatic carbocycles. The molecule has 2 N–H and O–H groups in total. The lowest BCUT2D eigenvalue weighted by Gasteiger charge is -2.43. The Hall–Kier alpha value is -2.71. The zero-order chi connectivity index (χ0) is 33.7. The van der Waals surface area contributed by atoms with Crippen LogP contribution in [0.2, 0.25) is 0 Å². The van der Waals surface area contributed by atoms with Crippen molar-refractivity contribution in [3.63, 3.8) is 0 Å². The molecule has 4 atom stereocenters. The van der Waals surface area contributed by atoms with Crippen LogP contribution in [0.3, 0.4) is 0 Å². The molecule has 1 aliphatic heterocycles. The van der Waals surface area contributed by atoms with E-state index < -0.39 is 12.4 Å². The summed E-state index contributed by atoms with van der Waals surface area (Å²) in [5.74, 6) is 0.146. The van der Waals surface area contributed by atoms with Gasteiger partial charge >= 0.3 is 6.09 Å². The minimum atomic E-state index is -0.511. The Balaban J connectivity index is 1.74. The number of aliphatic hydroxyl groups is 1. The highest BCUT2D eigenvalue weighted by atomic mass is 16.7. The van der Waals surface area contributed by atoms with Gasteiger partial charge in [0.1, 0.15) is 6.61 Å². The average Bonchev–Trinajstić information content (AvgIpc) is 3.10. The molecule has 262 valence electrons. The highest BCUT2D eigenvalue weighted by molar-refractivity contribution is 5.67. The molecule has 4 unspecified atom stereocenters. The van der Waals surface area contributed by atoms with E-state index in [9.17, 15) is 9.90 Å². The molecule has 7 heteroatoms. The van der Waals surface area contributed by atoms with E-state index in [-0.39, 0.29) is 31.3 Å². The van der Waals surface area contributed by atoms with Crippen molar-refractivity contribution >= 4 is 6.09 Å². The molecule has 0 saturated carbocycles. The molecular weight excluding hydrogens is 588 g/mol. The second-order valence-electron chi connectivity index (χ2n) is 13.1. The van der Waals surface area contributed by atoms with Crippen LogP contribution in [-0.2, 0) is 27.4 Å². The third kappa shape index (κ3) is 14.1. The summed E-state index contributed by atoms with van der Waals surface area (Å²) < 4.78 is 18.5. The fourth-order valence-electron chi connectivity index (χ4n) is 6.26. The Morgan fingerprint density at radius 3 is 1.96 bits per heavy atom. The van der Waals surface area contributed by atoms with Crippen molar-refractivity contribution in [3.05, 3.63) is 83.4 Å². The predicted octanol–water partition coefficient (Wildman–Crippen LogP) is 9.41. The first-order chi connectivity index (χ1) is 23.0. The van der Waals surface area contributed by atoms with Crippen molar-refractivity contribution in [2.45, 2.75) is 129 Å². The SMILES string of the molecule is C=CCOC(=O)NCc1ccc(C2OC(CN(CCCCCCCC)CCCCCCCC)C(C)C(c3ccc(CO)cc3)O2)cc1. The smallest absolute Gasteiger partial charge is 0.407 e. The Kier molecular flexibility index (Phi) is 18.8. The second-order valence-corrected chi connectivity index (χ2v) is 13.1. The predicted molar refractivity (Wildman–Crippen MR) is 191 cm³/mol.